The van der Waals surface area contributed by atoms with E-state index in [4.69, 9.17) is 16.6 Å². The molecule has 1 amide bonds. The number of nitrogens with zero attached hydrogens (tertiary/aromatic N) is 3. The van der Waals surface area contributed by atoms with Crippen LogP contribution in [0, 0.1) is 0 Å². The number of hydrogen-bond acceptors (Lipinski definition) is 5. The Morgan fingerprint density at radius 3 is 2.69 bits per heavy atom. The minimum Gasteiger partial charge on any atom is -0.366 e. The van der Waals surface area contributed by atoms with E-state index in [1.54, 1.807) is 28.1 Å². The summed E-state index contributed by atoms with van der Waals surface area (Å²) in [4.78, 5) is 18.0. The van der Waals surface area contributed by atoms with Crippen LogP contribution in [0.4, 0.5) is 5.82 Å². The molecule has 6 nitrogen and oxygen atoms in total. The Bertz CT molecular complexity index is 1550. The van der Waals surface area contributed by atoms with Crippen LogP contribution in [0.2, 0.25) is 5.02 Å². The van der Waals surface area contributed by atoms with Crippen molar-refractivity contribution in [3.63, 3.8) is 0 Å². The fourth-order valence-corrected chi connectivity index (χ4v) is 4.90. The van der Waals surface area contributed by atoms with E-state index < -0.39 is 0 Å². The van der Waals surface area contributed by atoms with Crippen molar-refractivity contribution in [1.29, 1.82) is 0 Å². The second-order valence-electron chi connectivity index (χ2n) is 7.97. The molecule has 3 aromatic heterocycles. The number of amides is 1. The third-order valence-corrected chi connectivity index (χ3v) is 7.18. The van der Waals surface area contributed by atoms with Crippen molar-refractivity contribution in [2.75, 3.05) is 5.32 Å². The number of fused-ring (bicyclic) bond motifs is 1. The predicted molar refractivity (Wildman–Crippen MR) is 150 cm³/mol. The lowest BCUT2D eigenvalue weighted by molar-refractivity contribution is -0.116. The van der Waals surface area contributed by atoms with E-state index in [2.05, 4.69) is 37.7 Å². The van der Waals surface area contributed by atoms with Crippen LogP contribution in [0.25, 0.3) is 23.0 Å². The van der Waals surface area contributed by atoms with Gasteiger partial charge in [0.15, 0.2) is 5.65 Å². The fourth-order valence-electron chi connectivity index (χ4n) is 3.70. The van der Waals surface area contributed by atoms with Crippen LogP contribution >= 0.6 is 38.9 Å². The van der Waals surface area contributed by atoms with Crippen LogP contribution in [0.15, 0.2) is 88.9 Å². The molecule has 0 aliphatic carbocycles. The summed E-state index contributed by atoms with van der Waals surface area (Å²) in [5.41, 5.74) is 4.39. The number of rotatable bonds is 8. The van der Waals surface area contributed by atoms with Crippen LogP contribution in [0.1, 0.15) is 16.0 Å². The second kappa shape index (κ2) is 11.1. The first kappa shape index (κ1) is 24.2. The number of halogens is 2. The molecular formula is C27H21BrClN5OS. The topological polar surface area (TPSA) is 71.3 Å². The molecule has 0 bridgehead atoms. The smallest absolute Gasteiger partial charge is 0.244 e. The van der Waals surface area contributed by atoms with E-state index in [0.717, 1.165) is 37.6 Å². The molecule has 2 N–H and O–H groups in total. The summed E-state index contributed by atoms with van der Waals surface area (Å²) in [6.07, 6.45) is 5.10. The fraction of sp³-hybridized carbons (Fsp3) is 0.0741. The highest BCUT2D eigenvalue weighted by atomic mass is 79.9. The predicted octanol–water partition coefficient (Wildman–Crippen LogP) is 6.82. The molecule has 5 aromatic rings. The first-order valence-electron chi connectivity index (χ1n) is 11.2. The van der Waals surface area contributed by atoms with Crippen molar-refractivity contribution in [3.05, 3.63) is 110 Å². The Morgan fingerprint density at radius 2 is 1.89 bits per heavy atom. The minimum atomic E-state index is -0.123. The molecule has 180 valence electrons. The van der Waals surface area contributed by atoms with Crippen molar-refractivity contribution in [2.24, 2.45) is 0 Å². The molecule has 0 radical (unpaired) electrons. The first-order chi connectivity index (χ1) is 17.6. The standard InChI is InChI=1S/C27H21BrClN5OS/c28-22-17-32-34-25(14-24(33-27(22)34)21-8-1-2-9-23(21)29)30-15-18-5-3-6-19(13-18)16-31-26(35)11-10-20-7-4-12-36-20/h1-14,17,30H,15-16H2,(H,31,35)/b11-10+. The van der Waals surface area contributed by atoms with E-state index in [9.17, 15) is 4.79 Å². The van der Waals surface area contributed by atoms with Crippen LogP contribution in [-0.4, -0.2) is 20.5 Å². The van der Waals surface area contributed by atoms with Crippen molar-refractivity contribution in [2.45, 2.75) is 13.1 Å². The Balaban J connectivity index is 1.30. The molecule has 0 fully saturated rings. The van der Waals surface area contributed by atoms with Crippen LogP contribution in [0.3, 0.4) is 0 Å². The molecule has 3 heterocycles. The van der Waals surface area contributed by atoms with Gasteiger partial charge in [0, 0.05) is 40.7 Å². The number of hydrogen-bond donors (Lipinski definition) is 2. The van der Waals surface area contributed by atoms with E-state index in [1.807, 2.05) is 72.1 Å². The van der Waals surface area contributed by atoms with Gasteiger partial charge in [-0.2, -0.15) is 9.61 Å². The maximum atomic E-state index is 12.2. The summed E-state index contributed by atoms with van der Waals surface area (Å²) in [5.74, 6) is 0.667. The number of thiophene rings is 1. The number of nitrogens with one attached hydrogen (secondary N) is 2. The number of carbonyl (C=O) groups is 1. The Kier molecular flexibility index (Phi) is 7.46. The molecule has 2 aromatic carbocycles. The Hall–Kier alpha value is -3.46. The number of benzene rings is 2. The number of anilines is 1. The lowest BCUT2D eigenvalue weighted by Crippen LogP contribution is -2.20. The summed E-state index contributed by atoms with van der Waals surface area (Å²) in [6.45, 7) is 1.02. The number of aromatic nitrogens is 3. The van der Waals surface area contributed by atoms with Crippen LogP contribution in [0.5, 0.6) is 0 Å². The molecule has 0 saturated carbocycles. The van der Waals surface area contributed by atoms with E-state index in [1.165, 1.54) is 0 Å². The van der Waals surface area contributed by atoms with Crippen molar-refractivity contribution in [1.82, 2.24) is 19.9 Å². The molecule has 0 atom stereocenters. The molecule has 36 heavy (non-hydrogen) atoms. The molecule has 0 spiro atoms. The van der Waals surface area contributed by atoms with Crippen LogP contribution in [-0.2, 0) is 17.9 Å². The van der Waals surface area contributed by atoms with Gasteiger partial charge in [-0.25, -0.2) is 4.98 Å². The summed E-state index contributed by atoms with van der Waals surface area (Å²) in [5, 5.41) is 13.5. The lowest BCUT2D eigenvalue weighted by Gasteiger charge is -2.12. The zero-order valence-corrected chi connectivity index (χ0v) is 22.1. The molecule has 9 heteroatoms. The summed E-state index contributed by atoms with van der Waals surface area (Å²) >= 11 is 11.6. The normalized spacial score (nSPS) is 11.3. The van der Waals surface area contributed by atoms with E-state index in [-0.39, 0.29) is 5.91 Å². The minimum absolute atomic E-state index is 0.123. The largest absolute Gasteiger partial charge is 0.366 e. The summed E-state index contributed by atoms with van der Waals surface area (Å²) in [7, 11) is 0. The monoisotopic (exact) mass is 577 g/mol. The first-order valence-corrected chi connectivity index (χ1v) is 13.2. The van der Waals surface area contributed by atoms with Gasteiger partial charge >= 0.3 is 0 Å². The van der Waals surface area contributed by atoms with Crippen LogP contribution < -0.4 is 10.6 Å². The zero-order valence-electron chi connectivity index (χ0n) is 19.0. The van der Waals surface area contributed by atoms with Crippen molar-refractivity contribution in [3.8, 4) is 11.3 Å². The SMILES string of the molecule is O=C(/C=C/c1cccs1)NCc1cccc(CNc2cc(-c3ccccc3Cl)nc3c(Br)cnn23)c1. The molecular weight excluding hydrogens is 558 g/mol. The van der Waals surface area contributed by atoms with Crippen molar-refractivity contribution >= 4 is 62.3 Å². The maximum absolute atomic E-state index is 12.2. The lowest BCUT2D eigenvalue weighted by atomic mass is 10.1. The molecule has 0 aliphatic rings. The average Bonchev–Trinajstić information content (AvgIpc) is 3.55. The third kappa shape index (κ3) is 5.67. The molecule has 0 aliphatic heterocycles. The highest BCUT2D eigenvalue weighted by molar-refractivity contribution is 9.10. The van der Waals surface area contributed by atoms with Gasteiger partial charge in [-0.15, -0.1) is 11.3 Å². The summed E-state index contributed by atoms with van der Waals surface area (Å²) in [6, 6.07) is 21.6. The third-order valence-electron chi connectivity index (χ3n) is 5.45. The second-order valence-corrected chi connectivity index (χ2v) is 10.2. The number of carbonyl (C=O) groups excluding carboxylic acids is 1. The van der Waals surface area contributed by atoms with Gasteiger partial charge in [0.05, 0.1) is 16.4 Å². The van der Waals surface area contributed by atoms with E-state index >= 15 is 0 Å². The van der Waals surface area contributed by atoms with Crippen molar-refractivity contribution < 1.29 is 4.79 Å². The van der Waals surface area contributed by atoms with Gasteiger partial charge in [-0.3, -0.25) is 4.79 Å². The van der Waals surface area contributed by atoms with Gasteiger partial charge in [-0.05, 0) is 50.6 Å². The maximum Gasteiger partial charge on any atom is 0.244 e. The average molecular weight is 579 g/mol. The van der Waals surface area contributed by atoms with E-state index in [0.29, 0.717) is 23.8 Å². The zero-order chi connectivity index (χ0) is 24.9. The quantitative estimate of drug-likeness (QED) is 0.198. The highest BCUT2D eigenvalue weighted by Gasteiger charge is 2.13. The summed E-state index contributed by atoms with van der Waals surface area (Å²) < 4.78 is 2.55. The Morgan fingerprint density at radius 1 is 1.06 bits per heavy atom. The van der Waals surface area contributed by atoms with Gasteiger partial charge in [-0.1, -0.05) is 60.1 Å². The van der Waals surface area contributed by atoms with Gasteiger partial charge in [0.25, 0.3) is 0 Å². The Labute approximate surface area is 225 Å². The molecule has 5 rings (SSSR count). The molecule has 0 unspecified atom stereocenters. The van der Waals surface area contributed by atoms with Gasteiger partial charge in [0.2, 0.25) is 5.91 Å². The van der Waals surface area contributed by atoms with Gasteiger partial charge in [0.1, 0.15) is 5.82 Å². The van der Waals surface area contributed by atoms with Gasteiger partial charge < -0.3 is 10.6 Å². The molecule has 0 saturated heterocycles. The highest BCUT2D eigenvalue weighted by Crippen LogP contribution is 2.30.